The zero-order valence-corrected chi connectivity index (χ0v) is 20.1. The highest BCUT2D eigenvalue weighted by Gasteiger charge is 2.37. The molecule has 3 aromatic rings. The Balaban J connectivity index is 1.14. The number of nitrogens with zero attached hydrogens (tertiary/aromatic N) is 5. The second kappa shape index (κ2) is 9.48. The highest BCUT2D eigenvalue weighted by atomic mass is 16.5. The van der Waals surface area contributed by atoms with Gasteiger partial charge >= 0.3 is 0 Å². The molecular formula is C26H29N5O4. The van der Waals surface area contributed by atoms with Crippen LogP contribution in [0.1, 0.15) is 44.0 Å². The first-order valence-electron chi connectivity index (χ1n) is 12.0. The molecule has 4 heterocycles. The van der Waals surface area contributed by atoms with Crippen molar-refractivity contribution in [3.05, 3.63) is 54.1 Å². The maximum absolute atomic E-state index is 12.9. The first kappa shape index (κ1) is 23.0. The van der Waals surface area contributed by atoms with Crippen molar-refractivity contribution in [3.8, 4) is 17.2 Å². The van der Waals surface area contributed by atoms with Gasteiger partial charge in [-0.1, -0.05) is 18.1 Å². The highest BCUT2D eigenvalue weighted by Crippen LogP contribution is 2.35. The number of hydrogen-bond donors (Lipinski definition) is 0. The lowest BCUT2D eigenvalue weighted by atomic mass is 9.79. The molecule has 2 aliphatic heterocycles. The van der Waals surface area contributed by atoms with Crippen LogP contribution in [0.3, 0.4) is 0 Å². The normalized spacial score (nSPS) is 17.1. The van der Waals surface area contributed by atoms with E-state index in [9.17, 15) is 9.59 Å². The van der Waals surface area contributed by atoms with Crippen molar-refractivity contribution in [2.45, 2.75) is 44.9 Å². The molecule has 5 rings (SSSR count). The zero-order chi connectivity index (χ0) is 24.4. The fraction of sp³-hybridized carbons (Fsp3) is 0.423. The number of fused-ring (bicyclic) bond motifs is 1. The van der Waals surface area contributed by atoms with Gasteiger partial charge in [0, 0.05) is 49.4 Å². The Labute approximate surface area is 204 Å². The van der Waals surface area contributed by atoms with Crippen molar-refractivity contribution in [2.75, 3.05) is 31.1 Å². The number of likely N-dealkylation sites (tertiary alicyclic amines) is 1. The maximum Gasteiger partial charge on any atom is 0.265 e. The van der Waals surface area contributed by atoms with E-state index in [1.54, 1.807) is 17.3 Å². The average Bonchev–Trinajstić information content (AvgIpc) is 3.38. The number of anilines is 1. The van der Waals surface area contributed by atoms with Crippen LogP contribution in [0.15, 0.2) is 47.2 Å². The van der Waals surface area contributed by atoms with Crippen molar-refractivity contribution in [1.29, 1.82) is 0 Å². The number of ether oxygens (including phenoxy) is 1. The van der Waals surface area contributed by atoms with Crippen LogP contribution in [-0.4, -0.2) is 58.1 Å². The molecule has 0 unspecified atom stereocenters. The summed E-state index contributed by atoms with van der Waals surface area (Å²) in [4.78, 5) is 37.6. The number of benzene rings is 1. The summed E-state index contributed by atoms with van der Waals surface area (Å²) >= 11 is 0. The summed E-state index contributed by atoms with van der Waals surface area (Å²) in [5, 5.41) is 4.23. The molecule has 0 aliphatic carbocycles. The number of pyridine rings is 1. The molecule has 0 radical (unpaired) electrons. The van der Waals surface area contributed by atoms with Crippen molar-refractivity contribution >= 4 is 17.5 Å². The number of amides is 2. The van der Waals surface area contributed by atoms with Crippen LogP contribution in [0.4, 0.5) is 5.69 Å². The molecule has 1 aromatic carbocycles. The topological polar surface area (TPSA) is 102 Å². The van der Waals surface area contributed by atoms with Gasteiger partial charge in [-0.05, 0) is 56.0 Å². The lowest BCUT2D eigenvalue weighted by molar-refractivity contribution is -0.133. The number of carbonyl (C=O) groups excluding carboxylic acids is 2. The largest absolute Gasteiger partial charge is 0.482 e. The van der Waals surface area contributed by atoms with E-state index in [2.05, 4.69) is 22.0 Å². The van der Waals surface area contributed by atoms with Crippen LogP contribution in [-0.2, 0) is 15.0 Å². The summed E-state index contributed by atoms with van der Waals surface area (Å²) < 4.78 is 11.0. The standard InChI is InChI=1S/C26H29N5O4/c1-18-5-6-21-20(16-18)31(23(33)17-34-21)13-3-4-22(32)30-14-9-26(2,10-15-30)25-28-24(35-29-25)19-7-11-27-12-8-19/h5-8,11-12,16H,3-4,9-10,13-15,17H2,1-2H3. The van der Waals surface area contributed by atoms with Crippen molar-refractivity contribution in [2.24, 2.45) is 0 Å². The summed E-state index contributed by atoms with van der Waals surface area (Å²) in [7, 11) is 0. The Bertz CT molecular complexity index is 1220. The molecule has 0 saturated carbocycles. The number of aryl methyl sites for hydroxylation is 1. The first-order valence-corrected chi connectivity index (χ1v) is 12.0. The molecule has 0 N–H and O–H groups in total. The maximum atomic E-state index is 12.9. The van der Waals surface area contributed by atoms with E-state index in [1.165, 1.54) is 0 Å². The van der Waals surface area contributed by atoms with Crippen LogP contribution in [0, 0.1) is 6.92 Å². The zero-order valence-electron chi connectivity index (χ0n) is 20.1. The molecule has 35 heavy (non-hydrogen) atoms. The van der Waals surface area contributed by atoms with Crippen molar-refractivity contribution in [3.63, 3.8) is 0 Å². The second-order valence-corrected chi connectivity index (χ2v) is 9.51. The Kier molecular flexibility index (Phi) is 6.23. The third kappa shape index (κ3) is 4.76. The molecule has 0 atom stereocenters. The lowest BCUT2D eigenvalue weighted by Gasteiger charge is -2.37. The van der Waals surface area contributed by atoms with Gasteiger partial charge in [0.05, 0.1) is 5.69 Å². The van der Waals surface area contributed by atoms with Gasteiger partial charge in [0.15, 0.2) is 12.4 Å². The summed E-state index contributed by atoms with van der Waals surface area (Å²) in [5.74, 6) is 1.91. The molecule has 182 valence electrons. The Morgan fingerprint density at radius 2 is 1.91 bits per heavy atom. The third-order valence-electron chi connectivity index (χ3n) is 6.94. The molecule has 2 aliphatic rings. The number of rotatable bonds is 6. The molecule has 2 aromatic heterocycles. The molecule has 1 saturated heterocycles. The van der Waals surface area contributed by atoms with Gasteiger partial charge in [-0.3, -0.25) is 14.6 Å². The van der Waals surface area contributed by atoms with Crippen LogP contribution < -0.4 is 9.64 Å². The van der Waals surface area contributed by atoms with E-state index >= 15 is 0 Å². The van der Waals surface area contributed by atoms with E-state index in [4.69, 9.17) is 9.26 Å². The fourth-order valence-corrected chi connectivity index (χ4v) is 4.66. The van der Waals surface area contributed by atoms with Crippen LogP contribution in [0.2, 0.25) is 0 Å². The van der Waals surface area contributed by atoms with E-state index < -0.39 is 0 Å². The van der Waals surface area contributed by atoms with Gasteiger partial charge in [0.1, 0.15) is 5.75 Å². The van der Waals surface area contributed by atoms with Gasteiger partial charge in [-0.25, -0.2) is 0 Å². The van der Waals surface area contributed by atoms with E-state index in [0.29, 0.717) is 49.9 Å². The van der Waals surface area contributed by atoms with E-state index in [-0.39, 0.29) is 23.8 Å². The fourth-order valence-electron chi connectivity index (χ4n) is 4.66. The summed E-state index contributed by atoms with van der Waals surface area (Å²) in [6.45, 7) is 5.93. The molecular weight excluding hydrogens is 446 g/mol. The number of aromatic nitrogens is 3. The quantitative estimate of drug-likeness (QED) is 0.537. The van der Waals surface area contributed by atoms with Gasteiger partial charge < -0.3 is 19.1 Å². The van der Waals surface area contributed by atoms with E-state index in [0.717, 1.165) is 29.7 Å². The molecule has 9 heteroatoms. The predicted octanol–water partition coefficient (Wildman–Crippen LogP) is 3.53. The molecule has 2 amide bonds. The Morgan fingerprint density at radius 3 is 2.69 bits per heavy atom. The minimum absolute atomic E-state index is 0.0354. The Hall–Kier alpha value is -3.75. The first-order chi connectivity index (χ1) is 16.9. The highest BCUT2D eigenvalue weighted by molar-refractivity contribution is 5.98. The predicted molar refractivity (Wildman–Crippen MR) is 129 cm³/mol. The third-order valence-corrected chi connectivity index (χ3v) is 6.94. The van der Waals surface area contributed by atoms with Crippen LogP contribution >= 0.6 is 0 Å². The van der Waals surface area contributed by atoms with Crippen molar-refractivity contribution < 1.29 is 18.8 Å². The Morgan fingerprint density at radius 1 is 1.14 bits per heavy atom. The van der Waals surface area contributed by atoms with Gasteiger partial charge in [0.25, 0.3) is 11.8 Å². The van der Waals surface area contributed by atoms with Gasteiger partial charge in [-0.15, -0.1) is 0 Å². The average molecular weight is 476 g/mol. The minimum Gasteiger partial charge on any atom is -0.482 e. The van der Waals surface area contributed by atoms with Gasteiger partial charge in [-0.2, -0.15) is 4.98 Å². The van der Waals surface area contributed by atoms with Crippen LogP contribution in [0.25, 0.3) is 11.5 Å². The monoisotopic (exact) mass is 475 g/mol. The summed E-state index contributed by atoms with van der Waals surface area (Å²) in [6, 6.07) is 9.49. The second-order valence-electron chi connectivity index (χ2n) is 9.51. The molecule has 0 spiro atoms. The smallest absolute Gasteiger partial charge is 0.265 e. The van der Waals surface area contributed by atoms with Crippen LogP contribution in [0.5, 0.6) is 5.75 Å². The number of hydrogen-bond acceptors (Lipinski definition) is 7. The molecule has 0 bridgehead atoms. The number of piperidine rings is 1. The van der Waals surface area contributed by atoms with E-state index in [1.807, 2.05) is 42.2 Å². The minimum atomic E-state index is -0.243. The lowest BCUT2D eigenvalue weighted by Crippen LogP contribution is -2.44. The van der Waals surface area contributed by atoms with Crippen molar-refractivity contribution in [1.82, 2.24) is 20.0 Å². The molecule has 9 nitrogen and oxygen atoms in total. The summed E-state index contributed by atoms with van der Waals surface area (Å²) in [6.07, 6.45) is 5.92. The number of carbonyl (C=O) groups is 2. The SMILES string of the molecule is Cc1ccc2c(c1)N(CCCC(=O)N1CCC(C)(c3noc(-c4ccncc4)n3)CC1)C(=O)CO2. The van der Waals surface area contributed by atoms with Gasteiger partial charge in [0.2, 0.25) is 5.91 Å². The molecule has 1 fully saturated rings. The summed E-state index contributed by atoms with van der Waals surface area (Å²) in [5.41, 5.74) is 2.45.